The topological polar surface area (TPSA) is 36.4 Å². The first-order chi connectivity index (χ1) is 44.4. The van der Waals surface area contributed by atoms with Crippen LogP contribution in [0.4, 0.5) is 0 Å². The first kappa shape index (κ1) is 86.1. The molecule has 0 bridgehead atoms. The predicted octanol–water partition coefficient (Wildman–Crippen LogP) is 30.9. The summed E-state index contributed by atoms with van der Waals surface area (Å²) in [6.45, 7) is 18.6. The molecular formula is C86H156N2NiSi. The van der Waals surface area contributed by atoms with Gasteiger partial charge < -0.3 is 5.53 Å². The van der Waals surface area contributed by atoms with Crippen LogP contribution in [-0.4, -0.2) is 18.7 Å². The van der Waals surface area contributed by atoms with Gasteiger partial charge in [0.05, 0.1) is 13.6 Å². The quantitative estimate of drug-likeness (QED) is 0.0158. The summed E-state index contributed by atoms with van der Waals surface area (Å²) < 4.78 is 0. The van der Waals surface area contributed by atoms with Crippen LogP contribution in [-0.2, 0) is 26.9 Å². The maximum absolute atomic E-state index is 9.70. The van der Waals surface area contributed by atoms with Crippen molar-refractivity contribution in [1.82, 2.24) is 0 Å². The van der Waals surface area contributed by atoms with E-state index in [-0.39, 0.29) is 0 Å². The second-order valence-electron chi connectivity index (χ2n) is 28.4. The molecule has 0 N–H and O–H groups in total. The molecule has 4 heteroatoms. The molecule has 0 heterocycles. The third kappa shape index (κ3) is 49.6. The van der Waals surface area contributed by atoms with Gasteiger partial charge in [-0.05, 0) is 72.4 Å². The summed E-state index contributed by atoms with van der Waals surface area (Å²) in [5.74, 6) is 3.05. The van der Waals surface area contributed by atoms with E-state index in [0.29, 0.717) is 0 Å². The molecule has 0 amide bonds. The molecule has 0 atom stereocenters. The van der Waals surface area contributed by atoms with E-state index in [1.165, 1.54) is 389 Å². The van der Waals surface area contributed by atoms with Crippen molar-refractivity contribution in [2.45, 2.75) is 450 Å². The molecule has 2 aromatic carbocycles. The molecule has 0 radical (unpaired) electrons. The normalized spacial score (nSPS) is 11.9. The molecule has 0 spiro atoms. The van der Waals surface area contributed by atoms with Crippen LogP contribution in [0.2, 0.25) is 28.9 Å². The van der Waals surface area contributed by atoms with Gasteiger partial charge in [0.1, 0.15) is 0 Å². The summed E-state index contributed by atoms with van der Waals surface area (Å²) in [5, 5.41) is 2.87. The van der Waals surface area contributed by atoms with Crippen molar-refractivity contribution in [3.8, 4) is 0 Å². The zero-order valence-corrected chi connectivity index (χ0v) is 64.2. The molecule has 2 nitrogen and oxygen atoms in total. The second-order valence-corrected chi connectivity index (χ2v) is 35.3. The minimum atomic E-state index is -1.25. The van der Waals surface area contributed by atoms with Crippen LogP contribution in [0, 0.1) is 0 Å². The van der Waals surface area contributed by atoms with Crippen molar-refractivity contribution in [3.05, 3.63) is 87.5 Å². The summed E-state index contributed by atoms with van der Waals surface area (Å²) in [7, 11) is -1.25. The Bertz CT molecular complexity index is 1880. The van der Waals surface area contributed by atoms with Crippen LogP contribution < -0.4 is 0 Å². The Morgan fingerprint density at radius 3 is 1.02 bits per heavy atom. The molecular weight excluding hydrogens is 1150 g/mol. The first-order valence-electron chi connectivity index (χ1n) is 40.7. The van der Waals surface area contributed by atoms with Crippen molar-refractivity contribution in [2.24, 2.45) is 0 Å². The van der Waals surface area contributed by atoms with Crippen LogP contribution >= 0.6 is 0 Å². The molecule has 0 saturated carbocycles. The van der Waals surface area contributed by atoms with Gasteiger partial charge in [-0.25, -0.2) is 0 Å². The van der Waals surface area contributed by atoms with Crippen LogP contribution in [0.25, 0.3) is 11.1 Å². The number of hydrogen-bond acceptors (Lipinski definition) is 0. The van der Waals surface area contributed by atoms with Gasteiger partial charge in [-0.2, -0.15) is 0 Å². The van der Waals surface area contributed by atoms with Crippen molar-refractivity contribution in [2.75, 3.05) is 0 Å². The summed E-state index contributed by atoms with van der Waals surface area (Å²) in [4.78, 5) is 3.47. The maximum atomic E-state index is 9.70. The molecule has 0 fully saturated rings. The predicted molar refractivity (Wildman–Crippen MR) is 408 cm³/mol. The third-order valence-electron chi connectivity index (χ3n) is 20.4. The molecule has 0 aromatic heterocycles. The van der Waals surface area contributed by atoms with E-state index >= 15 is 0 Å². The second kappa shape index (κ2) is 67.0. The molecule has 0 aliphatic carbocycles. The summed E-state index contributed by atoms with van der Waals surface area (Å²) >= 11 is 2.05. The number of aryl methyl sites for hydroxylation is 1. The number of nitrogens with zero attached hydrogens (tertiary/aromatic N) is 2. The molecule has 0 unspecified atom stereocenters. The van der Waals surface area contributed by atoms with Gasteiger partial charge in [-0.3, -0.25) is 0 Å². The summed E-state index contributed by atoms with van der Waals surface area (Å²) in [6, 6.07) is 24.2. The van der Waals surface area contributed by atoms with Gasteiger partial charge in [0.25, 0.3) is 0 Å². The summed E-state index contributed by atoms with van der Waals surface area (Å²) in [5.41, 5.74) is 18.8. The van der Waals surface area contributed by atoms with E-state index in [1.807, 2.05) is 0 Å². The van der Waals surface area contributed by atoms with Gasteiger partial charge in [-0.1, -0.05) is 307 Å². The van der Waals surface area contributed by atoms with E-state index in [1.54, 1.807) is 0 Å². The van der Waals surface area contributed by atoms with Crippen LogP contribution in [0.3, 0.4) is 0 Å². The SMILES string of the molecule is CCCCCCCCCCCCCCCCCCCCCC[CH2][Ni][CH2]CCCCCCCCCCCCCCCCCCCCCC.CCCCCCCCc1cccc(C(=C(CCCC)C(=C=[N+]=[N-])CCCCC)c2ccc(C[Si](CC)(CC)CC)cc2)c1. The average molecular weight is 1300 g/mol. The van der Waals surface area contributed by atoms with Crippen molar-refractivity contribution >= 4 is 19.5 Å². The standard InChI is InChI=1S/C40H62N2Si.2C23H47.Ni/c1-7-13-16-17-18-20-22-34-23-21-25-37(31-34)40(39(26-15-9-3)38(32-42-41)24-19-14-8-2)36-29-27-35(28-30-36)33-43(10-4,11-5)12-6;2*1-3-5-7-9-11-13-15-17-19-21-23-22-20-18-16-14-12-10-8-6-4-2;/h21,23,25,27-31H,7-20,22,24,26,33H2,1-6H3;2*1,3-23H2,2H3;. The Labute approximate surface area is 572 Å². The zero-order valence-electron chi connectivity index (χ0n) is 62.2. The molecule has 0 saturated heterocycles. The van der Waals surface area contributed by atoms with Crippen LogP contribution in [0.5, 0.6) is 0 Å². The number of allylic oxidation sites excluding steroid dienone is 2. The Balaban J connectivity index is 0.000000903. The fourth-order valence-corrected chi connectivity index (χ4v) is 18.4. The Morgan fingerprint density at radius 1 is 0.344 bits per heavy atom. The monoisotopic (exact) mass is 1300 g/mol. The molecule has 90 heavy (non-hydrogen) atoms. The van der Waals surface area contributed by atoms with Crippen molar-refractivity contribution in [3.63, 3.8) is 0 Å². The minimum absolute atomic E-state index is 0.896. The summed E-state index contributed by atoms with van der Waals surface area (Å²) in [6.07, 6.45) is 78.8. The Hall–Kier alpha value is -1.95. The van der Waals surface area contributed by atoms with E-state index in [2.05, 4.69) is 129 Å². The number of hydrogen-bond donors (Lipinski definition) is 0. The molecule has 2 rings (SSSR count). The van der Waals surface area contributed by atoms with Gasteiger partial charge in [0.2, 0.25) is 0 Å². The first-order valence-corrected chi connectivity index (χ1v) is 45.0. The minimum Gasteiger partial charge on any atom is -0.348 e. The fourth-order valence-electron chi connectivity index (χ4n) is 13.8. The third-order valence-corrected chi connectivity index (χ3v) is 27.5. The molecule has 0 aliphatic rings. The van der Waals surface area contributed by atoms with Gasteiger partial charge in [0.15, 0.2) is 0 Å². The Morgan fingerprint density at radius 2 is 0.678 bits per heavy atom. The van der Waals surface area contributed by atoms with Gasteiger partial charge in [-0.15, -0.1) is 4.79 Å². The smallest absolute Gasteiger partial charge is 0.348 e. The Kier molecular flexibility index (Phi) is 64.1. The molecule has 524 valence electrons. The van der Waals surface area contributed by atoms with Gasteiger partial charge >= 0.3 is 172 Å². The average Bonchev–Trinajstić information content (AvgIpc) is 1.10. The van der Waals surface area contributed by atoms with Crippen LogP contribution in [0.1, 0.15) is 431 Å². The van der Waals surface area contributed by atoms with E-state index in [4.69, 9.17) is 0 Å². The van der Waals surface area contributed by atoms with Gasteiger partial charge in [0, 0.05) is 0 Å². The number of unbranched alkanes of at least 4 members (excludes halogenated alkanes) is 48. The fraction of sp³-hybridized carbons (Fsp3) is 0.814. The zero-order chi connectivity index (χ0) is 65.2. The van der Waals surface area contributed by atoms with Crippen LogP contribution in [0.15, 0.2) is 59.7 Å². The van der Waals surface area contributed by atoms with E-state index in [9.17, 15) is 5.53 Å². The van der Waals surface area contributed by atoms with E-state index < -0.39 is 8.07 Å². The number of benzene rings is 2. The van der Waals surface area contributed by atoms with Crippen molar-refractivity contribution < 1.29 is 19.2 Å². The van der Waals surface area contributed by atoms with E-state index in [0.717, 1.165) is 44.1 Å². The molecule has 0 aliphatic heterocycles. The number of rotatable bonds is 66. The molecule has 2 aromatic rings. The van der Waals surface area contributed by atoms with Crippen molar-refractivity contribution in [1.29, 1.82) is 0 Å².